The lowest BCUT2D eigenvalue weighted by Gasteiger charge is -2.58. The second kappa shape index (κ2) is 30.0. The van der Waals surface area contributed by atoms with Gasteiger partial charge >= 0.3 is 18.0 Å². The van der Waals surface area contributed by atoms with Crippen molar-refractivity contribution < 1.29 is 62.8 Å². The van der Waals surface area contributed by atoms with Crippen LogP contribution in [0, 0.1) is 35.5 Å². The maximum absolute atomic E-state index is 13.8. The largest absolute Gasteiger partial charge is 0.481 e. The maximum Gasteiger partial charge on any atom is 0.410 e. The minimum absolute atomic E-state index is 0.0172. The molecule has 3 aromatic carbocycles. The van der Waals surface area contributed by atoms with Crippen LogP contribution in [0.15, 0.2) is 97.2 Å². The molecule has 0 saturated heterocycles. The molecule has 23 heteroatoms. The number of unbranched alkanes of at least 4 members (excludes halogenated alkanes) is 2. The number of rotatable bonds is 30. The van der Waals surface area contributed by atoms with E-state index in [-0.39, 0.29) is 110 Å². The Morgan fingerprint density at radius 3 is 2.30 bits per heavy atom. The highest BCUT2D eigenvalue weighted by molar-refractivity contribution is 7.22. The number of hydrogen-bond donors (Lipinski definition) is 4. The summed E-state index contributed by atoms with van der Waals surface area (Å²) >= 11 is 1.41. The number of anilines is 2. The van der Waals surface area contributed by atoms with E-state index in [1.54, 1.807) is 49.5 Å². The van der Waals surface area contributed by atoms with Crippen LogP contribution in [0.5, 0.6) is 0 Å². The molecule has 6 atom stereocenters. The first-order chi connectivity index (χ1) is 45.8. The maximum atomic E-state index is 13.8. The van der Waals surface area contributed by atoms with E-state index in [4.69, 9.17) is 19.6 Å². The van der Waals surface area contributed by atoms with E-state index < -0.39 is 35.6 Å². The zero-order chi connectivity index (χ0) is 68.6. The number of carboxylic acid groups (broad SMARTS) is 2. The molecule has 3 aromatic heterocycles. The average Bonchev–Trinajstić information content (AvgIpc) is 0.827. The van der Waals surface area contributed by atoms with Crippen molar-refractivity contribution in [2.24, 2.45) is 28.6 Å². The number of ether oxygens (including phenoxy) is 2. The third-order valence-corrected chi connectivity index (χ3v) is 20.3. The van der Waals surface area contributed by atoms with E-state index >= 15 is 0 Å². The molecule has 2 saturated carbocycles. The molecule has 5 amide bonds. The average molecular weight is 1330 g/mol. The van der Waals surface area contributed by atoms with Gasteiger partial charge in [-0.15, -0.1) is 0 Å². The van der Waals surface area contributed by atoms with E-state index in [0.29, 0.717) is 103 Å². The van der Waals surface area contributed by atoms with Gasteiger partial charge in [-0.1, -0.05) is 101 Å². The Balaban J connectivity index is 0.720. The van der Waals surface area contributed by atoms with Crippen LogP contribution in [0.25, 0.3) is 21.3 Å². The van der Waals surface area contributed by atoms with Gasteiger partial charge in [0.1, 0.15) is 18.2 Å². The Morgan fingerprint density at radius 2 is 1.57 bits per heavy atom. The van der Waals surface area contributed by atoms with Gasteiger partial charge in [0, 0.05) is 99.0 Å². The van der Waals surface area contributed by atoms with Crippen molar-refractivity contribution in [1.82, 2.24) is 34.9 Å². The van der Waals surface area contributed by atoms with Crippen LogP contribution in [0.2, 0.25) is 0 Å². The summed E-state index contributed by atoms with van der Waals surface area (Å²) in [4.78, 5) is 130. The highest BCUT2D eigenvalue weighted by atomic mass is 32.1. The van der Waals surface area contributed by atoms with Gasteiger partial charge in [-0.25, -0.2) is 19.6 Å². The Bertz CT molecular complexity index is 3920. The number of ketones is 2. The molecule has 0 spiro atoms. The Kier molecular flexibility index (Phi) is 21.8. The molecule has 2 aliphatic carbocycles. The van der Waals surface area contributed by atoms with Gasteiger partial charge in [-0.05, 0) is 140 Å². The number of nitrogens with zero attached hydrogens (tertiary/aromatic N) is 7. The third kappa shape index (κ3) is 17.0. The molecule has 2 fully saturated rings. The van der Waals surface area contributed by atoms with E-state index in [9.17, 15) is 53.4 Å². The number of aromatic nitrogens is 4. The van der Waals surface area contributed by atoms with E-state index in [0.717, 1.165) is 52.7 Å². The lowest BCUT2D eigenvalue weighted by Crippen LogP contribution is -2.55. The fourth-order valence-electron chi connectivity index (χ4n) is 15.2. The molecular weight excluding hydrogens is 1240 g/mol. The van der Waals surface area contributed by atoms with Gasteiger partial charge in [-0.3, -0.25) is 48.5 Å². The Morgan fingerprint density at radius 1 is 0.823 bits per heavy atom. The number of aliphatic carboxylic acids is 1. The zero-order valence-corrected chi connectivity index (χ0v) is 56.6. The number of para-hydroxylation sites is 1. The van der Waals surface area contributed by atoms with E-state index in [2.05, 4.69) is 36.4 Å². The molecule has 22 nitrogen and oxygen atoms in total. The normalized spacial score (nSPS) is 20.4. The highest BCUT2D eigenvalue weighted by Gasteiger charge is 2.56. The molecule has 4 N–H and O–H groups in total. The monoisotopic (exact) mass is 1330 g/mol. The zero-order valence-electron chi connectivity index (χ0n) is 55.8. The van der Waals surface area contributed by atoms with E-state index in [1.165, 1.54) is 33.3 Å². The number of fused-ring (bicyclic) bond motifs is 4. The van der Waals surface area contributed by atoms with Crippen molar-refractivity contribution in [3.63, 3.8) is 0 Å². The van der Waals surface area contributed by atoms with E-state index in [1.807, 2.05) is 72.8 Å². The van der Waals surface area contributed by atoms with Crippen molar-refractivity contribution in [3.8, 4) is 11.1 Å². The minimum atomic E-state index is -1.18. The predicted molar refractivity (Wildman–Crippen MR) is 362 cm³/mol. The van der Waals surface area contributed by atoms with Gasteiger partial charge < -0.3 is 34.8 Å². The molecule has 0 radical (unpaired) electrons. The van der Waals surface area contributed by atoms with Crippen molar-refractivity contribution in [2.45, 2.75) is 163 Å². The number of carboxylic acids is 2. The number of hydrogen-bond acceptors (Lipinski definition) is 16. The fourth-order valence-corrected chi connectivity index (χ4v) is 16.1. The van der Waals surface area contributed by atoms with Gasteiger partial charge in [0.15, 0.2) is 16.6 Å². The molecule has 4 unspecified atom stereocenters. The number of thiazole rings is 1. The van der Waals surface area contributed by atoms with Crippen molar-refractivity contribution in [2.75, 3.05) is 43.0 Å². The topological polar surface area (TPSA) is 290 Å². The number of pyridine rings is 1. The number of Topliss-reactive ketones (excluding diaryl/α,β-unsaturated/α-hetero) is 2. The molecule has 2 bridgehead atoms. The molecule has 6 aromatic rings. The SMILES string of the molecule is Cc1c(-c2ccc(N3CCc4cccc(C(=O)Nc5nc6ccccc6s5)c4C3)nc2C(=O)O)cnn1CC1(C)CC2(C)CC(C)CC(OCCN(CCC(=O)O)C(=O)OCc3ccc(CC(=O)[C@H](C)NC(=O)[C@@H](CC(=O)CCCCCN4C(=O)C=CC4=O)C(C)C)cc3)(C2)C1. The first-order valence-electron chi connectivity index (χ1n) is 33.3. The quantitative estimate of drug-likeness (QED) is 0.0241. The van der Waals surface area contributed by atoms with Gasteiger partial charge in [-0.2, -0.15) is 5.10 Å². The Labute approximate surface area is 563 Å². The standard InChI is InChI=1S/C73H87N9O13S/c1-45(2)55(35-52(83)15-9-8-12-29-81-62(85)25-26-63(81)86)67(90)75-47(4)59(84)34-49-19-21-50(22-20-49)40-94-70(93)79(31-28-64(87)88)32-33-95-73-37-46(3)36-71(6,42-73)41-72(7,43-73)44-82-48(5)56(38-74-82)53-23-24-61(77-65(53)68(91)92)80-30-27-51-14-13-16-54(57(51)39-80)66(89)78-69-76-58-17-10-11-18-60(58)96-69/h10-11,13-14,16-26,38,45-47,55H,8-9,12,15,27-37,39-44H2,1-7H3,(H,75,90)(H,87,88)(H,91,92)(H,76,78,89)/t46?,47-,55-,71?,72?,73?/m0/s1. The summed E-state index contributed by atoms with van der Waals surface area (Å²) in [5.41, 5.74) is 5.33. The molecule has 508 valence electrons. The summed E-state index contributed by atoms with van der Waals surface area (Å²) in [5, 5.41) is 31.6. The smallest absolute Gasteiger partial charge is 0.410 e. The molecule has 5 heterocycles. The molecular formula is C73H87N9O13S. The summed E-state index contributed by atoms with van der Waals surface area (Å²) in [6.07, 6.45) is 10.1. The summed E-state index contributed by atoms with van der Waals surface area (Å²) in [5.74, 6) is -3.83. The van der Waals surface area contributed by atoms with Gasteiger partial charge in [0.25, 0.3) is 17.7 Å². The highest BCUT2D eigenvalue weighted by Crippen LogP contribution is 2.60. The van der Waals surface area contributed by atoms with Crippen LogP contribution >= 0.6 is 11.3 Å². The Hall–Kier alpha value is -8.96. The molecule has 4 aliphatic rings. The summed E-state index contributed by atoms with van der Waals surface area (Å²) in [6, 6.07) is 23.2. The van der Waals surface area contributed by atoms with Crippen LogP contribution in [0.1, 0.15) is 161 Å². The number of imide groups is 1. The van der Waals surface area contributed by atoms with Crippen molar-refractivity contribution in [3.05, 3.63) is 136 Å². The van der Waals surface area contributed by atoms with Crippen LogP contribution in [0.4, 0.5) is 15.7 Å². The molecule has 2 aliphatic heterocycles. The second-order valence-electron chi connectivity index (χ2n) is 27.9. The third-order valence-electron chi connectivity index (χ3n) is 19.3. The number of carbonyl (C=O) groups is 9. The summed E-state index contributed by atoms with van der Waals surface area (Å²) in [6.45, 7) is 15.8. The van der Waals surface area contributed by atoms with Gasteiger partial charge in [0.05, 0.1) is 41.1 Å². The molecule has 10 rings (SSSR count). The lowest BCUT2D eigenvalue weighted by atomic mass is 9.51. The van der Waals surface area contributed by atoms with Crippen LogP contribution in [-0.4, -0.2) is 137 Å². The first-order valence-corrected chi connectivity index (χ1v) is 34.1. The fraction of sp³-hybridized carbons (Fsp3) is 0.479. The number of amides is 5. The number of benzene rings is 3. The van der Waals surface area contributed by atoms with Crippen LogP contribution in [0.3, 0.4) is 0 Å². The summed E-state index contributed by atoms with van der Waals surface area (Å²) in [7, 11) is 0. The predicted octanol–water partition coefficient (Wildman–Crippen LogP) is 11.2. The number of aromatic carboxylic acids is 1. The lowest BCUT2D eigenvalue weighted by molar-refractivity contribution is -0.179. The molecule has 96 heavy (non-hydrogen) atoms. The van der Waals surface area contributed by atoms with Crippen molar-refractivity contribution >= 4 is 85.7 Å². The minimum Gasteiger partial charge on any atom is -0.481 e. The second-order valence-corrected chi connectivity index (χ2v) is 28.9. The van der Waals surface area contributed by atoms with Crippen LogP contribution < -0.4 is 15.5 Å². The van der Waals surface area contributed by atoms with Crippen molar-refractivity contribution in [1.29, 1.82) is 0 Å². The summed E-state index contributed by atoms with van der Waals surface area (Å²) < 4.78 is 15.7. The number of carbonyl (C=O) groups excluding carboxylic acids is 7. The van der Waals surface area contributed by atoms with Gasteiger partial charge in [0.2, 0.25) is 5.91 Å². The number of nitrogens with one attached hydrogen (secondary N) is 2. The first kappa shape index (κ1) is 69.9. The van der Waals surface area contributed by atoms with Crippen LogP contribution in [-0.2, 0) is 70.8 Å².